The maximum atomic E-state index is 14.4. The normalized spacial score (nSPS) is 19.7. The molecule has 5 nitrogen and oxygen atoms in total. The minimum absolute atomic E-state index is 0.0479. The van der Waals surface area contributed by atoms with Crippen molar-refractivity contribution in [3.63, 3.8) is 0 Å². The molecule has 1 atom stereocenters. The number of aromatic nitrogens is 2. The second kappa shape index (κ2) is 5.95. The van der Waals surface area contributed by atoms with Crippen LogP contribution in [0.2, 0.25) is 0 Å². The van der Waals surface area contributed by atoms with Crippen LogP contribution in [0, 0.1) is 6.92 Å². The lowest BCUT2D eigenvalue weighted by atomic mass is 9.79. The lowest BCUT2D eigenvalue weighted by Crippen LogP contribution is -2.58. The van der Waals surface area contributed by atoms with Crippen LogP contribution < -0.4 is 5.32 Å². The van der Waals surface area contributed by atoms with Crippen molar-refractivity contribution in [1.29, 1.82) is 0 Å². The monoisotopic (exact) mass is 315 g/mol. The molecule has 1 unspecified atom stereocenters. The summed E-state index contributed by atoms with van der Waals surface area (Å²) >= 11 is 0. The van der Waals surface area contributed by atoms with E-state index in [0.29, 0.717) is 24.1 Å². The van der Waals surface area contributed by atoms with Crippen molar-refractivity contribution in [2.45, 2.75) is 63.5 Å². The summed E-state index contributed by atoms with van der Waals surface area (Å²) in [4.78, 5) is 12.0. The molecule has 2 N–H and O–H groups in total. The van der Waals surface area contributed by atoms with Crippen molar-refractivity contribution < 1.29 is 18.7 Å². The molecule has 1 aliphatic carbocycles. The Hall–Kier alpha value is -1.50. The Morgan fingerprint density at radius 1 is 1.45 bits per heavy atom. The first-order chi connectivity index (χ1) is 10.2. The van der Waals surface area contributed by atoms with Gasteiger partial charge >= 0.3 is 5.92 Å². The van der Waals surface area contributed by atoms with E-state index in [1.165, 1.54) is 0 Å². The van der Waals surface area contributed by atoms with Crippen molar-refractivity contribution in [2.24, 2.45) is 7.05 Å². The second-order valence-corrected chi connectivity index (χ2v) is 6.21. The molecule has 0 aromatic carbocycles. The minimum atomic E-state index is -3.79. The Morgan fingerprint density at radius 3 is 2.55 bits per heavy atom. The van der Waals surface area contributed by atoms with Crippen LogP contribution in [0.15, 0.2) is 6.20 Å². The molecular formula is C15H23F2N3O2. The predicted octanol–water partition coefficient (Wildman–Crippen LogP) is 2.24. The molecule has 0 aliphatic heterocycles. The number of halogens is 2. The topological polar surface area (TPSA) is 67.2 Å². The van der Waals surface area contributed by atoms with Crippen LogP contribution in [0.3, 0.4) is 0 Å². The largest absolute Gasteiger partial charge is 0.383 e. The molecule has 7 heteroatoms. The number of hydrogen-bond donors (Lipinski definition) is 2. The quantitative estimate of drug-likeness (QED) is 0.895. The van der Waals surface area contributed by atoms with Gasteiger partial charge in [0.2, 0.25) is 0 Å². The number of alkyl halides is 2. The molecule has 0 radical (unpaired) electrons. The van der Waals surface area contributed by atoms with Crippen LogP contribution in [-0.2, 0) is 11.8 Å². The third-order valence-electron chi connectivity index (χ3n) is 4.42. The molecule has 2 rings (SSSR count). The Bertz CT molecular complexity index is 551. The van der Waals surface area contributed by atoms with E-state index in [1.807, 2.05) is 0 Å². The van der Waals surface area contributed by atoms with Gasteiger partial charge in [-0.1, -0.05) is 19.3 Å². The van der Waals surface area contributed by atoms with E-state index in [0.717, 1.165) is 6.42 Å². The van der Waals surface area contributed by atoms with Gasteiger partial charge in [-0.05, 0) is 26.7 Å². The summed E-state index contributed by atoms with van der Waals surface area (Å²) in [6, 6.07) is -0.598. The highest BCUT2D eigenvalue weighted by molar-refractivity contribution is 5.85. The molecule has 1 amide bonds. The van der Waals surface area contributed by atoms with Crippen molar-refractivity contribution in [2.75, 3.05) is 0 Å². The molecule has 1 fully saturated rings. The summed E-state index contributed by atoms with van der Waals surface area (Å²) in [7, 11) is 1.73. The van der Waals surface area contributed by atoms with Gasteiger partial charge in [0.25, 0.3) is 5.91 Å². The van der Waals surface area contributed by atoms with Gasteiger partial charge in [0, 0.05) is 18.8 Å². The van der Waals surface area contributed by atoms with Crippen LogP contribution in [0.5, 0.6) is 0 Å². The number of hydrogen-bond acceptors (Lipinski definition) is 3. The number of nitrogens with zero attached hydrogens (tertiary/aromatic N) is 2. The molecule has 0 bridgehead atoms. The number of aryl methyl sites for hydroxylation is 2. The highest BCUT2D eigenvalue weighted by Gasteiger charge is 2.58. The van der Waals surface area contributed by atoms with Gasteiger partial charge in [-0.25, -0.2) is 0 Å². The molecule has 0 saturated heterocycles. The van der Waals surface area contributed by atoms with Crippen LogP contribution in [0.25, 0.3) is 0 Å². The van der Waals surface area contributed by atoms with Crippen molar-refractivity contribution in [3.05, 3.63) is 17.5 Å². The Balaban J connectivity index is 2.11. The fraction of sp³-hybridized carbons (Fsp3) is 0.733. The van der Waals surface area contributed by atoms with Crippen molar-refractivity contribution in [3.8, 4) is 0 Å². The van der Waals surface area contributed by atoms with Gasteiger partial charge < -0.3 is 10.4 Å². The van der Waals surface area contributed by atoms with Crippen molar-refractivity contribution in [1.82, 2.24) is 15.1 Å². The van der Waals surface area contributed by atoms with E-state index in [2.05, 4.69) is 10.4 Å². The number of aliphatic hydroxyl groups is 1. The van der Waals surface area contributed by atoms with E-state index in [4.69, 9.17) is 0 Å². The van der Waals surface area contributed by atoms with Crippen LogP contribution in [0.4, 0.5) is 8.78 Å². The summed E-state index contributed by atoms with van der Waals surface area (Å²) in [5.74, 6) is -5.22. The first kappa shape index (κ1) is 16.9. The first-order valence-electron chi connectivity index (χ1n) is 7.59. The number of amides is 1. The second-order valence-electron chi connectivity index (χ2n) is 6.21. The molecule has 1 aromatic heterocycles. The summed E-state index contributed by atoms with van der Waals surface area (Å²) in [5.41, 5.74) is -0.878. The van der Waals surface area contributed by atoms with Crippen LogP contribution >= 0.6 is 0 Å². The SMILES string of the molecule is Cc1nn(C)cc1C(C)NC(=O)C(F)(F)C1(O)CCCCC1. The molecular weight excluding hydrogens is 292 g/mol. The molecule has 1 aliphatic rings. The van der Waals surface area contributed by atoms with E-state index in [1.54, 1.807) is 31.8 Å². The zero-order valence-corrected chi connectivity index (χ0v) is 13.2. The number of carbonyl (C=O) groups is 1. The van der Waals surface area contributed by atoms with E-state index >= 15 is 0 Å². The average Bonchev–Trinajstić information content (AvgIpc) is 2.78. The summed E-state index contributed by atoms with van der Waals surface area (Å²) in [5, 5.41) is 16.6. The average molecular weight is 315 g/mol. The third-order valence-corrected chi connectivity index (χ3v) is 4.42. The molecule has 1 aromatic rings. The summed E-state index contributed by atoms with van der Waals surface area (Å²) in [6.07, 6.45) is 3.42. The van der Waals surface area contributed by atoms with Gasteiger partial charge in [0.1, 0.15) is 5.60 Å². The standard InChI is InChI=1S/C15H23F2N3O2/c1-10(12-9-20(3)19-11(12)2)18-13(21)15(16,17)14(22)7-5-4-6-8-14/h9-10,22H,4-8H2,1-3H3,(H,18,21). The number of rotatable bonds is 4. The molecule has 124 valence electrons. The van der Waals surface area contributed by atoms with Gasteiger partial charge in [0.15, 0.2) is 0 Å². The molecule has 1 saturated carbocycles. The van der Waals surface area contributed by atoms with Gasteiger partial charge in [-0.3, -0.25) is 9.48 Å². The third kappa shape index (κ3) is 2.99. The lowest BCUT2D eigenvalue weighted by Gasteiger charge is -2.38. The molecule has 22 heavy (non-hydrogen) atoms. The zero-order valence-electron chi connectivity index (χ0n) is 13.2. The Kier molecular flexibility index (Phi) is 4.56. The highest BCUT2D eigenvalue weighted by atomic mass is 19.3. The highest BCUT2D eigenvalue weighted by Crippen LogP contribution is 2.41. The Labute approximate surface area is 128 Å². The minimum Gasteiger partial charge on any atom is -0.383 e. The fourth-order valence-electron chi connectivity index (χ4n) is 3.07. The first-order valence-corrected chi connectivity index (χ1v) is 7.59. The smallest absolute Gasteiger partial charge is 0.352 e. The van der Waals surface area contributed by atoms with Gasteiger partial charge in [0.05, 0.1) is 11.7 Å². The van der Waals surface area contributed by atoms with Gasteiger partial charge in [-0.2, -0.15) is 13.9 Å². The zero-order chi connectivity index (χ0) is 16.5. The van der Waals surface area contributed by atoms with E-state index in [9.17, 15) is 18.7 Å². The molecule has 1 heterocycles. The maximum Gasteiger partial charge on any atom is 0.352 e. The summed E-state index contributed by atoms with van der Waals surface area (Å²) in [6.45, 7) is 3.38. The van der Waals surface area contributed by atoms with E-state index in [-0.39, 0.29) is 12.8 Å². The van der Waals surface area contributed by atoms with Gasteiger partial charge in [-0.15, -0.1) is 0 Å². The number of nitrogens with one attached hydrogen (secondary N) is 1. The summed E-state index contributed by atoms with van der Waals surface area (Å²) < 4.78 is 30.3. The lowest BCUT2D eigenvalue weighted by molar-refractivity contribution is -0.201. The molecule has 0 spiro atoms. The van der Waals surface area contributed by atoms with Crippen LogP contribution in [-0.4, -0.2) is 32.3 Å². The van der Waals surface area contributed by atoms with Crippen LogP contribution in [0.1, 0.15) is 56.3 Å². The maximum absolute atomic E-state index is 14.4. The fourth-order valence-corrected chi connectivity index (χ4v) is 3.07. The predicted molar refractivity (Wildman–Crippen MR) is 77.5 cm³/mol. The Morgan fingerprint density at radius 2 is 2.05 bits per heavy atom. The van der Waals surface area contributed by atoms with E-state index < -0.39 is 23.5 Å². The number of carbonyl (C=O) groups excluding carboxylic acids is 1. The van der Waals surface area contributed by atoms with Crippen molar-refractivity contribution >= 4 is 5.91 Å².